The molecule has 218 valence electrons. The Balaban J connectivity index is 1.09. The Kier molecular flexibility index (Phi) is 11.7. The van der Waals surface area contributed by atoms with Crippen LogP contribution in [0.5, 0.6) is 0 Å². The summed E-state index contributed by atoms with van der Waals surface area (Å²) in [7, 11) is 0. The number of carbonyl (C=O) groups is 2. The van der Waals surface area contributed by atoms with Crippen LogP contribution in [0.4, 0.5) is 0 Å². The second-order valence-corrected chi connectivity index (χ2v) is 12.7. The third kappa shape index (κ3) is 8.62. The lowest BCUT2D eigenvalue weighted by Crippen LogP contribution is -2.47. The number of carbonyl (C=O) groups excluding carboxylic acids is 1. The van der Waals surface area contributed by atoms with E-state index in [0.717, 1.165) is 57.3 Å². The number of carboxylic acid groups (broad SMARTS) is 1. The van der Waals surface area contributed by atoms with Crippen molar-refractivity contribution < 1.29 is 34.8 Å². The molecule has 0 aromatic rings. The molecule has 4 rings (SSSR count). The SMILES string of the molecule is O=C(O)C1CCC(O)CC1C(=O)NC1CCC(CC2CCC(NOCC3CCCCC3COO)CC2)CC1. The first-order chi connectivity index (χ1) is 18.4. The van der Waals surface area contributed by atoms with Crippen LogP contribution in [-0.2, 0) is 19.3 Å². The predicted octanol–water partition coefficient (Wildman–Crippen LogP) is 4.29. The molecular weight excluding hydrogens is 488 g/mol. The van der Waals surface area contributed by atoms with Crippen molar-refractivity contribution in [2.24, 2.45) is 35.5 Å². The molecule has 1 amide bonds. The average Bonchev–Trinajstić information content (AvgIpc) is 2.91. The minimum absolute atomic E-state index is 0.122. The molecule has 4 aliphatic carbocycles. The third-order valence-electron chi connectivity index (χ3n) is 10.1. The van der Waals surface area contributed by atoms with Gasteiger partial charge in [0.1, 0.15) is 0 Å². The lowest BCUT2D eigenvalue weighted by Gasteiger charge is -2.36. The summed E-state index contributed by atoms with van der Waals surface area (Å²) in [5, 5.41) is 31.4. The van der Waals surface area contributed by atoms with Crippen molar-refractivity contribution in [3.05, 3.63) is 0 Å². The molecule has 0 radical (unpaired) electrons. The second kappa shape index (κ2) is 14.9. The maximum Gasteiger partial charge on any atom is 0.307 e. The predicted molar refractivity (Wildman–Crippen MR) is 142 cm³/mol. The van der Waals surface area contributed by atoms with Gasteiger partial charge in [0.05, 0.1) is 31.2 Å². The Morgan fingerprint density at radius 2 is 1.34 bits per heavy atom. The van der Waals surface area contributed by atoms with E-state index in [4.69, 9.17) is 10.1 Å². The maximum atomic E-state index is 12.8. The molecule has 5 N–H and O–H groups in total. The molecule has 4 fully saturated rings. The Hall–Kier alpha value is -1.26. The molecule has 5 unspecified atom stereocenters. The van der Waals surface area contributed by atoms with Gasteiger partial charge in [0.25, 0.3) is 0 Å². The number of hydroxylamine groups is 1. The zero-order valence-corrected chi connectivity index (χ0v) is 22.9. The Labute approximate surface area is 227 Å². The van der Waals surface area contributed by atoms with Crippen molar-refractivity contribution in [3.8, 4) is 0 Å². The van der Waals surface area contributed by atoms with Crippen LogP contribution in [0.15, 0.2) is 0 Å². The Morgan fingerprint density at radius 1 is 0.737 bits per heavy atom. The highest BCUT2D eigenvalue weighted by molar-refractivity contribution is 5.85. The van der Waals surface area contributed by atoms with Crippen LogP contribution < -0.4 is 10.8 Å². The van der Waals surface area contributed by atoms with Gasteiger partial charge < -0.3 is 20.4 Å². The summed E-state index contributed by atoms with van der Waals surface area (Å²) >= 11 is 0. The number of aliphatic carboxylic acids is 1. The van der Waals surface area contributed by atoms with Crippen molar-refractivity contribution in [3.63, 3.8) is 0 Å². The van der Waals surface area contributed by atoms with Crippen molar-refractivity contribution >= 4 is 11.9 Å². The molecule has 0 spiro atoms. The molecule has 4 aliphatic rings. The minimum atomic E-state index is -0.928. The van der Waals surface area contributed by atoms with Gasteiger partial charge in [0, 0.05) is 12.1 Å². The second-order valence-electron chi connectivity index (χ2n) is 12.7. The van der Waals surface area contributed by atoms with Crippen LogP contribution in [-0.4, -0.2) is 58.7 Å². The number of rotatable bonds is 11. The van der Waals surface area contributed by atoms with Crippen LogP contribution >= 0.6 is 0 Å². The maximum absolute atomic E-state index is 12.8. The fourth-order valence-electron chi connectivity index (χ4n) is 7.66. The number of amides is 1. The Morgan fingerprint density at radius 3 is 1.95 bits per heavy atom. The van der Waals surface area contributed by atoms with Crippen LogP contribution in [0.1, 0.15) is 103 Å². The van der Waals surface area contributed by atoms with Crippen LogP contribution in [0.25, 0.3) is 0 Å². The van der Waals surface area contributed by atoms with Gasteiger partial charge in [-0.1, -0.05) is 12.8 Å². The summed E-state index contributed by atoms with van der Waals surface area (Å²) in [5.41, 5.74) is 3.32. The average molecular weight is 539 g/mol. The standard InChI is InChI=1S/C29H50N2O7/c32-25-13-14-26(29(34)35)27(16-25)28(33)30-23-9-5-19(6-10-23)15-20-7-11-24(12-8-20)31-37-17-21-3-1-2-4-22(21)18-38-36/h19-27,31-32,36H,1-18H2,(H,30,33)(H,34,35). The summed E-state index contributed by atoms with van der Waals surface area (Å²) < 4.78 is 0. The molecule has 4 saturated carbocycles. The van der Waals surface area contributed by atoms with Gasteiger partial charge in [-0.05, 0) is 114 Å². The highest BCUT2D eigenvalue weighted by Gasteiger charge is 2.40. The zero-order valence-electron chi connectivity index (χ0n) is 22.9. The molecule has 9 nitrogen and oxygen atoms in total. The highest BCUT2D eigenvalue weighted by Crippen LogP contribution is 2.37. The van der Waals surface area contributed by atoms with Gasteiger partial charge in [0.15, 0.2) is 0 Å². The fraction of sp³-hybridized carbons (Fsp3) is 0.931. The largest absolute Gasteiger partial charge is 0.481 e. The van der Waals surface area contributed by atoms with Gasteiger partial charge >= 0.3 is 5.97 Å². The van der Waals surface area contributed by atoms with E-state index in [-0.39, 0.29) is 18.4 Å². The topological polar surface area (TPSA) is 137 Å². The molecule has 0 aliphatic heterocycles. The van der Waals surface area contributed by atoms with E-state index in [1.807, 2.05) is 0 Å². The van der Waals surface area contributed by atoms with E-state index in [0.29, 0.717) is 49.9 Å². The van der Waals surface area contributed by atoms with E-state index >= 15 is 0 Å². The van der Waals surface area contributed by atoms with Crippen LogP contribution in [0, 0.1) is 35.5 Å². The monoisotopic (exact) mass is 538 g/mol. The van der Waals surface area contributed by atoms with E-state index in [9.17, 15) is 19.8 Å². The highest BCUT2D eigenvalue weighted by atomic mass is 17.1. The number of carboxylic acids is 1. The first-order valence-corrected chi connectivity index (χ1v) is 15.3. The summed E-state index contributed by atoms with van der Waals surface area (Å²) in [6, 6.07) is 0.540. The van der Waals surface area contributed by atoms with Crippen LogP contribution in [0.3, 0.4) is 0 Å². The summed E-state index contributed by atoms with van der Waals surface area (Å²) in [6.07, 6.45) is 15.3. The van der Waals surface area contributed by atoms with E-state index < -0.39 is 23.9 Å². The van der Waals surface area contributed by atoms with E-state index in [1.165, 1.54) is 32.1 Å². The molecule has 0 aromatic carbocycles. The minimum Gasteiger partial charge on any atom is -0.481 e. The molecule has 38 heavy (non-hydrogen) atoms. The zero-order chi connectivity index (χ0) is 26.9. The van der Waals surface area contributed by atoms with Gasteiger partial charge in [-0.15, -0.1) is 0 Å². The summed E-state index contributed by atoms with van der Waals surface area (Å²) in [4.78, 5) is 34.8. The molecule has 0 saturated heterocycles. The van der Waals surface area contributed by atoms with Crippen molar-refractivity contribution in [2.75, 3.05) is 13.2 Å². The Bertz CT molecular complexity index is 734. The van der Waals surface area contributed by atoms with E-state index in [2.05, 4.69) is 15.7 Å². The normalized spacial score (nSPS) is 38.4. The summed E-state index contributed by atoms with van der Waals surface area (Å²) in [5.74, 6) is -0.126. The third-order valence-corrected chi connectivity index (χ3v) is 10.1. The quantitative estimate of drug-likeness (QED) is 0.194. The van der Waals surface area contributed by atoms with E-state index in [1.54, 1.807) is 0 Å². The summed E-state index contributed by atoms with van der Waals surface area (Å²) in [6.45, 7) is 1.09. The first kappa shape index (κ1) is 29.7. The lowest BCUT2D eigenvalue weighted by molar-refractivity contribution is -0.256. The first-order valence-electron chi connectivity index (χ1n) is 15.3. The number of aliphatic hydroxyl groups is 1. The number of nitrogens with one attached hydrogen (secondary N) is 2. The van der Waals surface area contributed by atoms with Crippen molar-refractivity contribution in [1.29, 1.82) is 0 Å². The number of hydrogen-bond acceptors (Lipinski definition) is 7. The molecule has 0 aromatic heterocycles. The molecule has 9 heteroatoms. The molecular formula is C29H50N2O7. The molecule has 5 atom stereocenters. The lowest BCUT2D eigenvalue weighted by atomic mass is 9.75. The van der Waals surface area contributed by atoms with Gasteiger partial charge in [-0.3, -0.25) is 14.8 Å². The van der Waals surface area contributed by atoms with Gasteiger partial charge in [-0.2, -0.15) is 5.48 Å². The van der Waals surface area contributed by atoms with Gasteiger partial charge in [0.2, 0.25) is 5.91 Å². The fourth-order valence-corrected chi connectivity index (χ4v) is 7.66. The van der Waals surface area contributed by atoms with Crippen molar-refractivity contribution in [1.82, 2.24) is 10.8 Å². The van der Waals surface area contributed by atoms with Crippen LogP contribution in [0.2, 0.25) is 0 Å². The smallest absolute Gasteiger partial charge is 0.307 e. The molecule has 0 bridgehead atoms. The van der Waals surface area contributed by atoms with Gasteiger partial charge in [-0.25, -0.2) is 4.89 Å². The number of aliphatic hydroxyl groups excluding tert-OH is 1. The van der Waals surface area contributed by atoms with Crippen molar-refractivity contribution in [2.45, 2.75) is 121 Å². The molecule has 0 heterocycles. The number of hydrogen-bond donors (Lipinski definition) is 5.